The minimum absolute atomic E-state index is 0.0835. The molecule has 3 nitrogen and oxygen atoms in total. The summed E-state index contributed by atoms with van der Waals surface area (Å²) >= 11 is 18.8. The topological polar surface area (TPSA) is 38.5 Å². The number of nitrogen functional groups attached to an aromatic ring is 1. The molecule has 2 aromatic carbocycles. The fourth-order valence-electron chi connectivity index (χ4n) is 3.39. The lowest BCUT2D eigenvalue weighted by molar-refractivity contribution is 0.263. The van der Waals surface area contributed by atoms with E-state index < -0.39 is 0 Å². The van der Waals surface area contributed by atoms with Crippen molar-refractivity contribution in [3.63, 3.8) is 0 Å². The number of nitrogens with zero attached hydrogens (tertiary/aromatic N) is 1. The van der Waals surface area contributed by atoms with Gasteiger partial charge in [0.05, 0.1) is 22.0 Å². The fraction of sp³-hybridized carbons (Fsp3) is 0.368. The summed E-state index contributed by atoms with van der Waals surface area (Å²) in [6.07, 6.45) is 0.851. The molecule has 3 rings (SSSR count). The molecular formula is C19H21Cl3N2O. The Morgan fingerprint density at radius 2 is 2.04 bits per heavy atom. The van der Waals surface area contributed by atoms with E-state index in [9.17, 15) is 0 Å². The van der Waals surface area contributed by atoms with Gasteiger partial charge in [-0.3, -0.25) is 4.90 Å². The fourth-order valence-corrected chi connectivity index (χ4v) is 4.14. The number of likely N-dealkylation sites (N-methyl/N-ethyl adjacent to an activating group) is 1. The van der Waals surface area contributed by atoms with Crippen LogP contribution < -0.4 is 10.5 Å². The number of halogens is 3. The van der Waals surface area contributed by atoms with Crippen molar-refractivity contribution < 1.29 is 4.74 Å². The van der Waals surface area contributed by atoms with E-state index in [1.807, 2.05) is 19.1 Å². The van der Waals surface area contributed by atoms with Crippen molar-refractivity contribution in [1.82, 2.24) is 4.90 Å². The van der Waals surface area contributed by atoms with Gasteiger partial charge in [-0.2, -0.15) is 0 Å². The second kappa shape index (κ2) is 7.63. The predicted octanol–water partition coefficient (Wildman–Crippen LogP) is 5.08. The van der Waals surface area contributed by atoms with Gasteiger partial charge in [0.2, 0.25) is 0 Å². The maximum absolute atomic E-state index is 6.63. The van der Waals surface area contributed by atoms with Crippen LogP contribution in [0.4, 0.5) is 5.69 Å². The molecule has 1 heterocycles. The van der Waals surface area contributed by atoms with E-state index in [1.165, 1.54) is 5.56 Å². The van der Waals surface area contributed by atoms with Gasteiger partial charge in [0.25, 0.3) is 0 Å². The Morgan fingerprint density at radius 1 is 1.28 bits per heavy atom. The highest BCUT2D eigenvalue weighted by Gasteiger charge is 2.30. The molecule has 0 saturated carbocycles. The Balaban J connectivity index is 2.10. The summed E-state index contributed by atoms with van der Waals surface area (Å²) in [6.45, 7) is 3.29. The van der Waals surface area contributed by atoms with Crippen LogP contribution >= 0.6 is 34.8 Å². The number of hydrogen-bond acceptors (Lipinski definition) is 3. The van der Waals surface area contributed by atoms with Crippen LogP contribution in [0.1, 0.15) is 28.3 Å². The van der Waals surface area contributed by atoms with Gasteiger partial charge in [-0.15, -0.1) is 11.6 Å². The second-order valence-corrected chi connectivity index (χ2v) is 7.52. The summed E-state index contributed by atoms with van der Waals surface area (Å²) in [5.74, 6) is 0.916. The Morgan fingerprint density at radius 3 is 2.72 bits per heavy atom. The first kappa shape index (κ1) is 18.7. The molecule has 0 aromatic heterocycles. The molecule has 25 heavy (non-hydrogen) atoms. The molecule has 2 N–H and O–H groups in total. The van der Waals surface area contributed by atoms with Crippen LogP contribution in [0, 0.1) is 6.92 Å². The Kier molecular flexibility index (Phi) is 5.69. The molecule has 0 bridgehead atoms. The maximum Gasteiger partial charge on any atom is 0.156 e. The average Bonchev–Trinajstić information content (AvgIpc) is 2.57. The number of rotatable bonds is 4. The molecule has 1 aliphatic heterocycles. The monoisotopic (exact) mass is 398 g/mol. The number of aryl methyl sites for hydroxylation is 1. The normalized spacial score (nSPS) is 17.4. The van der Waals surface area contributed by atoms with Crippen molar-refractivity contribution in [2.24, 2.45) is 0 Å². The van der Waals surface area contributed by atoms with E-state index in [2.05, 4.69) is 24.1 Å². The van der Waals surface area contributed by atoms with Gasteiger partial charge in [-0.25, -0.2) is 0 Å². The molecule has 0 spiro atoms. The first-order valence-electron chi connectivity index (χ1n) is 8.19. The SMILES string of the molecule is Cc1cc(C2c3cc(Cl)c(OCCCl)c(Cl)c3CCN2C)ccc1N. The molecule has 0 aliphatic carbocycles. The average molecular weight is 400 g/mol. The highest BCUT2D eigenvalue weighted by atomic mass is 35.5. The first-order chi connectivity index (χ1) is 11.9. The molecule has 134 valence electrons. The van der Waals surface area contributed by atoms with Crippen molar-refractivity contribution in [1.29, 1.82) is 0 Å². The second-order valence-electron chi connectivity index (χ2n) is 6.36. The van der Waals surface area contributed by atoms with Gasteiger partial charge in [-0.05, 0) is 54.8 Å². The third kappa shape index (κ3) is 3.56. The number of alkyl halides is 1. The van der Waals surface area contributed by atoms with Crippen LogP contribution in [0.25, 0.3) is 0 Å². The lowest BCUT2D eigenvalue weighted by atomic mass is 9.87. The lowest BCUT2D eigenvalue weighted by Crippen LogP contribution is -2.33. The van der Waals surface area contributed by atoms with Gasteiger partial charge < -0.3 is 10.5 Å². The standard InChI is InChI=1S/C19H21Cl3N2O/c1-11-9-12(3-4-16(11)23)18-14-10-15(21)19(25-8-6-20)17(22)13(14)5-7-24(18)2/h3-4,9-10,18H,5-8,23H2,1-2H3. The van der Waals surface area contributed by atoms with Gasteiger partial charge in [0.1, 0.15) is 6.61 Å². The van der Waals surface area contributed by atoms with E-state index in [-0.39, 0.29) is 6.04 Å². The van der Waals surface area contributed by atoms with Crippen LogP contribution in [0.3, 0.4) is 0 Å². The summed E-state index contributed by atoms with van der Waals surface area (Å²) < 4.78 is 5.66. The molecule has 1 unspecified atom stereocenters. The first-order valence-corrected chi connectivity index (χ1v) is 9.49. The molecule has 6 heteroatoms. The van der Waals surface area contributed by atoms with Crippen molar-refractivity contribution in [3.05, 3.63) is 56.6 Å². The molecule has 0 fully saturated rings. The van der Waals surface area contributed by atoms with Gasteiger partial charge in [0.15, 0.2) is 5.75 Å². The third-order valence-electron chi connectivity index (χ3n) is 4.69. The van der Waals surface area contributed by atoms with Gasteiger partial charge in [0, 0.05) is 12.2 Å². The maximum atomic E-state index is 6.63. The number of fused-ring (bicyclic) bond motifs is 1. The summed E-state index contributed by atoms with van der Waals surface area (Å²) in [7, 11) is 2.11. The molecular weight excluding hydrogens is 379 g/mol. The van der Waals surface area contributed by atoms with E-state index in [1.54, 1.807) is 0 Å². The summed E-state index contributed by atoms with van der Waals surface area (Å²) in [6, 6.07) is 8.20. The van der Waals surface area contributed by atoms with Gasteiger partial charge in [-0.1, -0.05) is 35.3 Å². The van der Waals surface area contributed by atoms with Crippen molar-refractivity contribution in [2.45, 2.75) is 19.4 Å². The van der Waals surface area contributed by atoms with Crippen LogP contribution in [0.15, 0.2) is 24.3 Å². The smallest absolute Gasteiger partial charge is 0.156 e. The number of ether oxygens (including phenoxy) is 1. The Bertz CT molecular complexity index is 795. The molecule has 1 aliphatic rings. The zero-order valence-corrected chi connectivity index (χ0v) is 16.5. The molecule has 2 aromatic rings. The van der Waals surface area contributed by atoms with Gasteiger partial charge >= 0.3 is 0 Å². The molecule has 0 saturated heterocycles. The zero-order chi connectivity index (χ0) is 18.1. The minimum atomic E-state index is 0.0835. The van der Waals surface area contributed by atoms with Crippen molar-refractivity contribution in [3.8, 4) is 5.75 Å². The van der Waals surface area contributed by atoms with Crippen LogP contribution in [0.2, 0.25) is 10.0 Å². The Hall–Kier alpha value is -1.13. The van der Waals surface area contributed by atoms with E-state index >= 15 is 0 Å². The summed E-state index contributed by atoms with van der Waals surface area (Å²) in [4.78, 5) is 2.30. The summed E-state index contributed by atoms with van der Waals surface area (Å²) in [5, 5.41) is 1.11. The van der Waals surface area contributed by atoms with E-state index in [0.717, 1.165) is 35.3 Å². The third-order valence-corrected chi connectivity index (χ3v) is 5.53. The number of benzene rings is 2. The Labute approximate surface area is 163 Å². The molecule has 0 radical (unpaired) electrons. The molecule has 0 amide bonds. The predicted molar refractivity (Wildman–Crippen MR) is 106 cm³/mol. The quantitative estimate of drug-likeness (QED) is 0.575. The highest BCUT2D eigenvalue weighted by molar-refractivity contribution is 6.37. The summed E-state index contributed by atoms with van der Waals surface area (Å²) in [5.41, 5.74) is 11.2. The minimum Gasteiger partial charge on any atom is -0.489 e. The van der Waals surface area contributed by atoms with E-state index in [4.69, 9.17) is 45.3 Å². The van der Waals surface area contributed by atoms with Crippen LogP contribution in [-0.4, -0.2) is 31.0 Å². The van der Waals surface area contributed by atoms with Crippen molar-refractivity contribution in [2.75, 3.05) is 31.8 Å². The number of anilines is 1. The van der Waals surface area contributed by atoms with Crippen molar-refractivity contribution >= 4 is 40.5 Å². The molecule has 1 atom stereocenters. The lowest BCUT2D eigenvalue weighted by Gasteiger charge is -2.36. The van der Waals surface area contributed by atoms with Crippen LogP contribution in [-0.2, 0) is 6.42 Å². The zero-order valence-electron chi connectivity index (χ0n) is 14.3. The highest BCUT2D eigenvalue weighted by Crippen LogP contribution is 2.45. The van der Waals surface area contributed by atoms with Crippen LogP contribution in [0.5, 0.6) is 5.75 Å². The number of hydrogen-bond donors (Lipinski definition) is 1. The van der Waals surface area contributed by atoms with E-state index in [0.29, 0.717) is 28.3 Å². The number of nitrogens with two attached hydrogens (primary N) is 1. The largest absolute Gasteiger partial charge is 0.489 e.